The maximum absolute atomic E-state index is 12.9. The van der Waals surface area contributed by atoms with Gasteiger partial charge < -0.3 is 34.3 Å². The average molecular weight is 953 g/mol. The Morgan fingerprint density at radius 3 is 1.47 bits per heavy atom. The van der Waals surface area contributed by atoms with E-state index in [0.717, 1.165) is 70.6 Å². The van der Waals surface area contributed by atoms with Crippen LogP contribution in [0.2, 0.25) is 0 Å². The van der Waals surface area contributed by atoms with Gasteiger partial charge >= 0.3 is 16.4 Å². The van der Waals surface area contributed by atoms with Crippen LogP contribution < -0.4 is 0 Å². The molecule has 0 aromatic heterocycles. The topological polar surface area (TPSA) is 178 Å². The van der Waals surface area contributed by atoms with Crippen molar-refractivity contribution >= 4 is 16.4 Å². The van der Waals surface area contributed by atoms with Gasteiger partial charge in [0.2, 0.25) is 0 Å². The number of ether oxygens (including phenoxy) is 4. The molecule has 6 unspecified atom stereocenters. The SMILES string of the molecule is CC/C=C\C/C=C\C/C=C\C/C=C\C/C=C\C/C=C\CCCOCC(COC1OC(CO)C(O)C(OS(=O)(=O)O)C1O)OC(=O)CCCCCCCCCCCCCCCCCCCCC. The van der Waals surface area contributed by atoms with Crippen molar-refractivity contribution in [1.82, 2.24) is 0 Å². The molecule has 0 saturated carbocycles. The largest absolute Gasteiger partial charge is 0.457 e. The number of hydrogen-bond acceptors (Lipinski definition) is 11. The summed E-state index contributed by atoms with van der Waals surface area (Å²) in [5.41, 5.74) is 0. The molecular weight excluding hydrogens is 861 g/mol. The van der Waals surface area contributed by atoms with Crippen LogP contribution in [0.1, 0.15) is 194 Å². The Hall–Kier alpha value is -2.46. The number of aliphatic hydroxyl groups is 3. The second-order valence-corrected chi connectivity index (χ2v) is 18.4. The quantitative estimate of drug-likeness (QED) is 0.0197. The zero-order valence-corrected chi connectivity index (χ0v) is 41.8. The summed E-state index contributed by atoms with van der Waals surface area (Å²) in [5.74, 6) is -0.418. The third kappa shape index (κ3) is 36.6. The van der Waals surface area contributed by atoms with Crippen LogP contribution >= 0.6 is 0 Å². The molecule has 382 valence electrons. The number of hydrogen-bond donors (Lipinski definition) is 4. The van der Waals surface area contributed by atoms with E-state index < -0.39 is 59.8 Å². The molecule has 1 rings (SSSR count). The minimum Gasteiger partial charge on any atom is -0.457 e. The van der Waals surface area contributed by atoms with Gasteiger partial charge in [0.25, 0.3) is 0 Å². The van der Waals surface area contributed by atoms with Gasteiger partial charge in [0.05, 0.1) is 19.8 Å². The number of aliphatic hydroxyl groups excluding tert-OH is 3. The Labute approximate surface area is 401 Å². The molecule has 0 radical (unpaired) electrons. The predicted molar refractivity (Wildman–Crippen MR) is 266 cm³/mol. The minimum atomic E-state index is -5.08. The first kappa shape index (κ1) is 61.6. The number of rotatable bonds is 44. The van der Waals surface area contributed by atoms with Crippen molar-refractivity contribution in [2.45, 2.75) is 230 Å². The lowest BCUT2D eigenvalue weighted by atomic mass is 9.99. The lowest BCUT2D eigenvalue weighted by Crippen LogP contribution is -2.60. The van der Waals surface area contributed by atoms with Gasteiger partial charge in [-0.2, -0.15) is 8.42 Å². The zero-order chi connectivity index (χ0) is 48.2. The molecule has 0 spiro atoms. The molecule has 0 aromatic rings. The highest BCUT2D eigenvalue weighted by atomic mass is 32.3. The highest BCUT2D eigenvalue weighted by Crippen LogP contribution is 2.26. The maximum atomic E-state index is 12.9. The fraction of sp³-hybridized carbons (Fsp3) is 0.755. The first-order valence-electron chi connectivity index (χ1n) is 25.7. The molecular formula is C53H92O12S. The van der Waals surface area contributed by atoms with E-state index >= 15 is 0 Å². The molecule has 1 aliphatic rings. The van der Waals surface area contributed by atoms with Gasteiger partial charge in [0, 0.05) is 13.0 Å². The normalized spacial score (nSPS) is 20.1. The number of carbonyl (C=O) groups is 1. The van der Waals surface area contributed by atoms with Crippen LogP contribution in [-0.2, 0) is 38.3 Å². The summed E-state index contributed by atoms with van der Waals surface area (Å²) >= 11 is 0. The molecule has 0 bridgehead atoms. The van der Waals surface area contributed by atoms with Gasteiger partial charge in [0.1, 0.15) is 30.5 Å². The molecule has 0 aliphatic carbocycles. The Balaban J connectivity index is 2.41. The van der Waals surface area contributed by atoms with Crippen LogP contribution in [-0.4, -0.2) is 97.5 Å². The lowest BCUT2D eigenvalue weighted by molar-refractivity contribution is -0.301. The fourth-order valence-electron chi connectivity index (χ4n) is 7.51. The monoisotopic (exact) mass is 953 g/mol. The first-order chi connectivity index (χ1) is 32.1. The zero-order valence-electron chi connectivity index (χ0n) is 41.0. The highest BCUT2D eigenvalue weighted by molar-refractivity contribution is 7.80. The van der Waals surface area contributed by atoms with E-state index in [0.29, 0.717) is 13.0 Å². The molecule has 0 amide bonds. The molecule has 13 heteroatoms. The van der Waals surface area contributed by atoms with Gasteiger partial charge in [-0.15, -0.1) is 0 Å². The number of esters is 1. The fourth-order valence-corrected chi connectivity index (χ4v) is 8.02. The van der Waals surface area contributed by atoms with Crippen molar-refractivity contribution in [1.29, 1.82) is 0 Å². The molecule has 66 heavy (non-hydrogen) atoms. The van der Waals surface area contributed by atoms with Gasteiger partial charge in [0.15, 0.2) is 6.29 Å². The Morgan fingerprint density at radius 2 is 1.03 bits per heavy atom. The molecule has 0 aromatic carbocycles. The highest BCUT2D eigenvalue weighted by Gasteiger charge is 2.48. The van der Waals surface area contributed by atoms with Crippen molar-refractivity contribution in [3.05, 3.63) is 72.9 Å². The third-order valence-electron chi connectivity index (χ3n) is 11.3. The Morgan fingerprint density at radius 1 is 0.591 bits per heavy atom. The van der Waals surface area contributed by atoms with Crippen LogP contribution in [0, 0.1) is 0 Å². The number of allylic oxidation sites excluding steroid dienone is 12. The molecule has 6 atom stereocenters. The smallest absolute Gasteiger partial charge is 0.397 e. The molecule has 1 heterocycles. The minimum absolute atomic E-state index is 0.00546. The van der Waals surface area contributed by atoms with Crippen LogP contribution in [0.25, 0.3) is 0 Å². The second kappa shape index (κ2) is 43.8. The van der Waals surface area contributed by atoms with Crippen LogP contribution in [0.4, 0.5) is 0 Å². The maximum Gasteiger partial charge on any atom is 0.397 e. The molecule has 4 N–H and O–H groups in total. The van der Waals surface area contributed by atoms with E-state index in [-0.39, 0.29) is 19.6 Å². The third-order valence-corrected chi connectivity index (χ3v) is 11.8. The Kier molecular flexibility index (Phi) is 40.8. The van der Waals surface area contributed by atoms with Gasteiger partial charge in [-0.1, -0.05) is 202 Å². The van der Waals surface area contributed by atoms with Gasteiger partial charge in [-0.25, -0.2) is 4.18 Å². The van der Waals surface area contributed by atoms with E-state index in [1.165, 1.54) is 96.3 Å². The Bertz CT molecular complexity index is 1420. The summed E-state index contributed by atoms with van der Waals surface area (Å²) in [5, 5.41) is 30.7. The predicted octanol–water partition coefficient (Wildman–Crippen LogP) is 11.9. The van der Waals surface area contributed by atoms with E-state index in [4.69, 9.17) is 18.9 Å². The van der Waals surface area contributed by atoms with Crippen molar-refractivity contribution in [2.75, 3.05) is 26.4 Å². The van der Waals surface area contributed by atoms with E-state index in [1.807, 2.05) is 0 Å². The average Bonchev–Trinajstić information content (AvgIpc) is 3.29. The summed E-state index contributed by atoms with van der Waals surface area (Å²) in [6, 6.07) is 0. The summed E-state index contributed by atoms with van der Waals surface area (Å²) in [4.78, 5) is 12.9. The summed E-state index contributed by atoms with van der Waals surface area (Å²) in [6.07, 6.45) is 48.0. The number of unbranched alkanes of at least 4 members (excludes halogenated alkanes) is 19. The second-order valence-electron chi connectivity index (χ2n) is 17.4. The van der Waals surface area contributed by atoms with Crippen LogP contribution in [0.3, 0.4) is 0 Å². The van der Waals surface area contributed by atoms with Gasteiger partial charge in [-0.05, 0) is 57.8 Å². The molecule has 12 nitrogen and oxygen atoms in total. The standard InChI is InChI=1S/C53H92O12S/c1-3-5-7-9-11-13-15-17-19-21-23-25-27-29-31-33-35-37-39-41-43-61-45-47(46-62-53-51(57)52(65-66(58,59)60)50(56)48(44-54)64-53)63-49(55)42-40-38-36-34-32-30-28-26-24-22-20-18-16-14-12-10-8-6-4-2/h5,7,11,13,17,19,23,25,29,31,35,37,47-48,50-54,56-57H,3-4,6,8-10,12,14-16,18,20-22,24,26-28,30,32-34,36,38-46H2,1-2H3,(H,58,59,60)/b7-5-,13-11-,19-17-,25-23-,31-29-,37-35-. The van der Waals surface area contributed by atoms with Gasteiger partial charge in [-0.3, -0.25) is 9.35 Å². The van der Waals surface area contributed by atoms with Crippen molar-refractivity contribution < 1.29 is 56.2 Å². The summed E-state index contributed by atoms with van der Waals surface area (Å²) < 4.78 is 59.2. The van der Waals surface area contributed by atoms with E-state index in [9.17, 15) is 33.1 Å². The number of carbonyl (C=O) groups excluding carboxylic acids is 1. The van der Waals surface area contributed by atoms with Crippen LogP contribution in [0.5, 0.6) is 0 Å². The van der Waals surface area contributed by atoms with Crippen molar-refractivity contribution in [3.63, 3.8) is 0 Å². The summed E-state index contributed by atoms with van der Waals surface area (Å²) in [7, 11) is -5.08. The lowest BCUT2D eigenvalue weighted by Gasteiger charge is -2.41. The molecule has 1 aliphatic heterocycles. The first-order valence-corrected chi connectivity index (χ1v) is 27.1. The van der Waals surface area contributed by atoms with Crippen molar-refractivity contribution in [3.8, 4) is 0 Å². The van der Waals surface area contributed by atoms with E-state index in [1.54, 1.807) is 0 Å². The molecule has 1 saturated heterocycles. The van der Waals surface area contributed by atoms with Crippen LogP contribution in [0.15, 0.2) is 72.9 Å². The summed E-state index contributed by atoms with van der Waals surface area (Å²) in [6.45, 7) is 3.74. The van der Waals surface area contributed by atoms with E-state index in [2.05, 4.69) is 90.9 Å². The van der Waals surface area contributed by atoms with Crippen molar-refractivity contribution in [2.24, 2.45) is 0 Å². The molecule has 1 fully saturated rings.